The van der Waals surface area contributed by atoms with Crippen LogP contribution in [0.15, 0.2) is 139 Å². The summed E-state index contributed by atoms with van der Waals surface area (Å²) in [5.41, 5.74) is -2.28. The summed E-state index contributed by atoms with van der Waals surface area (Å²) in [4.78, 5) is 39.7. The van der Waals surface area contributed by atoms with Gasteiger partial charge in [0.15, 0.2) is 11.4 Å². The number of rotatable bonds is 8. The first-order chi connectivity index (χ1) is 24.8. The molecular weight excluding hydrogens is 648 g/mol. The maximum absolute atomic E-state index is 14.2. The van der Waals surface area contributed by atoms with E-state index in [9.17, 15) is 35.1 Å². The molecule has 0 atom stereocenters. The minimum absolute atomic E-state index is 0.0859. The van der Waals surface area contributed by atoms with E-state index in [-0.39, 0.29) is 28.1 Å². The molecule has 246 valence electrons. The fraction of sp³-hybridized carbons (Fsp3) is 0.0263. The van der Waals surface area contributed by atoms with Gasteiger partial charge in [0, 0.05) is 16.7 Å². The Hall–Kier alpha value is -7.77. The van der Waals surface area contributed by atoms with Gasteiger partial charge in [0.1, 0.15) is 29.6 Å². The lowest BCUT2D eigenvalue weighted by Crippen LogP contribution is -2.37. The number of aromatic hydroxyl groups is 2. The lowest BCUT2D eigenvalue weighted by atomic mass is 9.99. The van der Waals surface area contributed by atoms with Gasteiger partial charge < -0.3 is 10.2 Å². The lowest BCUT2D eigenvalue weighted by Gasteiger charge is -2.20. The Balaban J connectivity index is 1.72. The van der Waals surface area contributed by atoms with Crippen molar-refractivity contribution in [2.24, 2.45) is 20.5 Å². The van der Waals surface area contributed by atoms with Crippen molar-refractivity contribution in [3.05, 3.63) is 152 Å². The fourth-order valence-corrected chi connectivity index (χ4v) is 5.38. The van der Waals surface area contributed by atoms with E-state index in [0.717, 1.165) is 5.56 Å². The molecule has 0 radical (unpaired) electrons. The largest absolute Gasteiger partial charge is 0.492 e. The quantitative estimate of drug-likeness (QED) is 0.121. The van der Waals surface area contributed by atoms with Crippen molar-refractivity contribution >= 4 is 29.0 Å². The molecule has 51 heavy (non-hydrogen) atoms. The van der Waals surface area contributed by atoms with Crippen molar-refractivity contribution < 1.29 is 15.0 Å². The molecule has 4 aromatic carbocycles. The minimum atomic E-state index is -1.23. The summed E-state index contributed by atoms with van der Waals surface area (Å²) in [6, 6.07) is 33.0. The summed E-state index contributed by atoms with van der Waals surface area (Å²) < 4.78 is 0.676. The summed E-state index contributed by atoms with van der Waals surface area (Å²) in [5, 5.41) is 61.1. The molecule has 2 aromatic heterocycles. The molecule has 0 spiro atoms. The number of nitriles is 2. The van der Waals surface area contributed by atoms with Crippen LogP contribution in [0.25, 0.3) is 22.3 Å². The van der Waals surface area contributed by atoms with Gasteiger partial charge in [-0.15, -0.1) is 10.2 Å². The average Bonchev–Trinajstić information content (AvgIpc) is 3.15. The van der Waals surface area contributed by atoms with Gasteiger partial charge in [0.05, 0.1) is 11.4 Å². The van der Waals surface area contributed by atoms with Crippen molar-refractivity contribution in [1.82, 2.24) is 9.35 Å². The Morgan fingerprint density at radius 2 is 1.06 bits per heavy atom. The number of aryl methyl sites for hydroxylation is 1. The minimum Gasteiger partial charge on any atom is -0.492 e. The molecule has 6 rings (SSSR count). The summed E-state index contributed by atoms with van der Waals surface area (Å²) in [5.74, 6) is -1.99. The topological polar surface area (TPSA) is 199 Å². The SMILES string of the molecule is Cc1cccc(N=Nc2c(-c3ccccc3)c(C#N)c(=O)n(-n3c(O)c(N=Nc4cccc(C=O)c4)c(-c4ccccc4)c(C#N)c3=O)c2O)c1. The molecule has 0 saturated carbocycles. The summed E-state index contributed by atoms with van der Waals surface area (Å²) in [6.45, 7) is 1.84. The summed E-state index contributed by atoms with van der Waals surface area (Å²) in [6.07, 6.45) is 0.606. The number of pyridine rings is 2. The predicted molar refractivity (Wildman–Crippen MR) is 187 cm³/mol. The highest BCUT2D eigenvalue weighted by molar-refractivity contribution is 5.85. The molecule has 0 aliphatic rings. The Bertz CT molecular complexity index is 2600. The molecule has 0 aliphatic carbocycles. The number of carbonyl (C=O) groups is 1. The van der Waals surface area contributed by atoms with Gasteiger partial charge in [-0.05, 0) is 47.9 Å². The molecule has 0 saturated heterocycles. The Morgan fingerprint density at radius 3 is 1.49 bits per heavy atom. The van der Waals surface area contributed by atoms with E-state index < -0.39 is 39.7 Å². The number of hydrogen-bond acceptors (Lipinski definition) is 11. The standard InChI is InChI=1S/C38H24N8O5/c1-23-10-8-16-27(18-23)41-43-33-31(25-12-4-2-5-13-25)29(20-39)35(48)45(37(33)50)46-36(49)30(21-40)32(26-14-6-3-7-15-26)34(38(46)51)44-42-28-17-9-11-24(19-28)22-47/h2-19,22,50-51H,1H3. The van der Waals surface area contributed by atoms with Crippen LogP contribution in [0.1, 0.15) is 27.0 Å². The van der Waals surface area contributed by atoms with Gasteiger partial charge in [0.2, 0.25) is 11.8 Å². The third-order valence-electron chi connectivity index (χ3n) is 7.70. The zero-order valence-electron chi connectivity index (χ0n) is 26.7. The maximum atomic E-state index is 14.2. The van der Waals surface area contributed by atoms with Crippen molar-refractivity contribution in [2.45, 2.75) is 6.92 Å². The van der Waals surface area contributed by atoms with E-state index in [1.807, 2.05) is 25.1 Å². The van der Waals surface area contributed by atoms with Crippen LogP contribution in [0.4, 0.5) is 22.7 Å². The van der Waals surface area contributed by atoms with Crippen LogP contribution in [-0.2, 0) is 0 Å². The first-order valence-corrected chi connectivity index (χ1v) is 15.2. The van der Waals surface area contributed by atoms with Crippen LogP contribution >= 0.6 is 0 Å². The summed E-state index contributed by atoms with van der Waals surface area (Å²) in [7, 11) is 0. The number of azo groups is 2. The number of benzene rings is 4. The van der Waals surface area contributed by atoms with Crippen LogP contribution in [0.3, 0.4) is 0 Å². The molecule has 13 heteroatoms. The van der Waals surface area contributed by atoms with Crippen LogP contribution in [0.2, 0.25) is 0 Å². The highest BCUT2D eigenvalue weighted by atomic mass is 16.3. The number of aromatic nitrogens is 2. The maximum Gasteiger partial charge on any atom is 0.291 e. The lowest BCUT2D eigenvalue weighted by molar-refractivity contribution is 0.112. The first-order valence-electron chi connectivity index (χ1n) is 15.2. The zero-order chi connectivity index (χ0) is 36.1. The van der Waals surface area contributed by atoms with Gasteiger partial charge >= 0.3 is 0 Å². The number of hydrogen-bond donors (Lipinski definition) is 2. The molecule has 0 amide bonds. The van der Waals surface area contributed by atoms with Gasteiger partial charge in [0.25, 0.3) is 11.1 Å². The third-order valence-corrected chi connectivity index (χ3v) is 7.70. The molecule has 2 heterocycles. The zero-order valence-corrected chi connectivity index (χ0v) is 26.7. The van der Waals surface area contributed by atoms with E-state index in [2.05, 4.69) is 20.5 Å². The molecular formula is C38H24N8O5. The van der Waals surface area contributed by atoms with Gasteiger partial charge in [-0.2, -0.15) is 30.1 Å². The second kappa shape index (κ2) is 14.1. The molecule has 0 fully saturated rings. The van der Waals surface area contributed by atoms with Crippen LogP contribution in [-0.4, -0.2) is 25.9 Å². The predicted octanol–water partition coefficient (Wildman–Crippen LogP) is 7.76. The van der Waals surface area contributed by atoms with Crippen LogP contribution < -0.4 is 11.1 Å². The van der Waals surface area contributed by atoms with Crippen molar-refractivity contribution in [2.75, 3.05) is 0 Å². The fourth-order valence-electron chi connectivity index (χ4n) is 5.38. The van der Waals surface area contributed by atoms with E-state index in [4.69, 9.17) is 0 Å². The monoisotopic (exact) mass is 672 g/mol. The van der Waals surface area contributed by atoms with E-state index >= 15 is 0 Å². The van der Waals surface area contributed by atoms with E-state index in [0.29, 0.717) is 32.5 Å². The van der Waals surface area contributed by atoms with Crippen molar-refractivity contribution in [3.63, 3.8) is 0 Å². The van der Waals surface area contributed by atoms with Crippen LogP contribution in [0.5, 0.6) is 11.8 Å². The Morgan fingerprint density at radius 1 is 0.608 bits per heavy atom. The number of aldehydes is 1. The van der Waals surface area contributed by atoms with E-state index in [1.54, 1.807) is 91.0 Å². The highest BCUT2D eigenvalue weighted by Crippen LogP contribution is 2.43. The Kier molecular flexibility index (Phi) is 9.19. The second-order valence-electron chi connectivity index (χ2n) is 11.0. The van der Waals surface area contributed by atoms with Crippen molar-refractivity contribution in [3.8, 4) is 46.2 Å². The second-order valence-corrected chi connectivity index (χ2v) is 11.0. The average molecular weight is 673 g/mol. The van der Waals surface area contributed by atoms with Crippen molar-refractivity contribution in [1.29, 1.82) is 10.5 Å². The van der Waals surface area contributed by atoms with Gasteiger partial charge in [-0.3, -0.25) is 14.4 Å². The first kappa shape index (κ1) is 33.1. The Labute approximate surface area is 289 Å². The highest BCUT2D eigenvalue weighted by Gasteiger charge is 2.30. The third kappa shape index (κ3) is 6.29. The molecule has 2 N–H and O–H groups in total. The normalized spacial score (nSPS) is 11.0. The van der Waals surface area contributed by atoms with Crippen LogP contribution in [0, 0.1) is 29.6 Å². The van der Waals surface area contributed by atoms with Gasteiger partial charge in [-0.1, -0.05) is 84.9 Å². The van der Waals surface area contributed by atoms with E-state index in [1.165, 1.54) is 12.1 Å². The smallest absolute Gasteiger partial charge is 0.291 e. The molecule has 13 nitrogen and oxygen atoms in total. The number of carbonyl (C=O) groups excluding carboxylic acids is 1. The molecule has 0 bridgehead atoms. The molecule has 6 aromatic rings. The molecule has 0 aliphatic heterocycles. The summed E-state index contributed by atoms with van der Waals surface area (Å²) >= 11 is 0. The van der Waals surface area contributed by atoms with Gasteiger partial charge in [-0.25, -0.2) is 0 Å². The molecule has 0 unspecified atom stereocenters. The number of nitrogens with zero attached hydrogens (tertiary/aromatic N) is 8.